The quantitative estimate of drug-likeness (QED) is 0.265. The van der Waals surface area contributed by atoms with Gasteiger partial charge in [-0.2, -0.15) is 0 Å². The zero-order chi connectivity index (χ0) is 24.1. The Balaban J connectivity index is 1.73. The third kappa shape index (κ3) is 8.45. The average molecular weight is 482 g/mol. The maximum absolute atomic E-state index is 14.1. The Morgan fingerprint density at radius 1 is 0.765 bits per heavy atom. The van der Waals surface area contributed by atoms with Crippen LogP contribution in [0.3, 0.4) is 0 Å². The van der Waals surface area contributed by atoms with Crippen molar-refractivity contribution in [3.8, 4) is 0 Å². The molecule has 3 rings (SSSR count). The molecule has 0 bridgehead atoms. The van der Waals surface area contributed by atoms with E-state index in [1.54, 1.807) is 0 Å². The molecule has 6 nitrogen and oxygen atoms in total. The van der Waals surface area contributed by atoms with E-state index in [9.17, 15) is 9.36 Å². The molecule has 0 saturated carbocycles. The number of nitrogens with one attached hydrogen (secondary N) is 1. The highest BCUT2D eigenvalue weighted by Crippen LogP contribution is 2.55. The Bertz CT molecular complexity index is 983. The molecule has 7 heteroatoms. The van der Waals surface area contributed by atoms with Gasteiger partial charge in [-0.25, -0.2) is 4.79 Å². The lowest BCUT2D eigenvalue weighted by atomic mass is 10.2. The van der Waals surface area contributed by atoms with Gasteiger partial charge in [0.1, 0.15) is 12.4 Å². The summed E-state index contributed by atoms with van der Waals surface area (Å²) in [6.45, 7) is 2.37. The minimum atomic E-state index is -3.75. The summed E-state index contributed by atoms with van der Waals surface area (Å²) < 4.78 is 31.3. The lowest BCUT2D eigenvalue weighted by Gasteiger charge is -2.27. The molecule has 1 amide bonds. The van der Waals surface area contributed by atoms with Crippen LogP contribution in [0.1, 0.15) is 42.9 Å². The number of amides is 1. The lowest BCUT2D eigenvalue weighted by Crippen LogP contribution is -2.36. The monoisotopic (exact) mass is 481 g/mol. The minimum absolute atomic E-state index is 0.107. The predicted molar refractivity (Wildman–Crippen MR) is 133 cm³/mol. The van der Waals surface area contributed by atoms with Gasteiger partial charge in [-0.3, -0.25) is 4.57 Å². The zero-order valence-electron chi connectivity index (χ0n) is 19.5. The van der Waals surface area contributed by atoms with E-state index in [1.165, 1.54) is 0 Å². The fourth-order valence-electron chi connectivity index (χ4n) is 3.30. The van der Waals surface area contributed by atoms with E-state index < -0.39 is 19.5 Å². The van der Waals surface area contributed by atoms with E-state index in [0.717, 1.165) is 29.5 Å². The van der Waals surface area contributed by atoms with Crippen LogP contribution >= 0.6 is 7.60 Å². The summed E-state index contributed by atoms with van der Waals surface area (Å²) >= 11 is 0. The first-order valence-electron chi connectivity index (χ1n) is 11.5. The second kappa shape index (κ2) is 13.7. The molecule has 1 unspecified atom stereocenters. The van der Waals surface area contributed by atoms with Gasteiger partial charge < -0.3 is 19.1 Å². The molecule has 0 radical (unpaired) electrons. The standard InChI is InChI=1S/C27H32NO5P/c1-2-3-19-26(28-27(29)31-20-23-13-7-4-8-14-23)34(30,32-21-24-15-9-5-10-16-24)33-22-25-17-11-6-12-18-25/h4-18,26H,2-3,19-22H2,1H3,(H,28,29). The molecule has 0 aliphatic rings. The number of unbranched alkanes of at least 4 members (excludes halogenated alkanes) is 1. The molecule has 1 atom stereocenters. The van der Waals surface area contributed by atoms with Gasteiger partial charge in [0.25, 0.3) is 0 Å². The van der Waals surface area contributed by atoms with Gasteiger partial charge in [-0.1, -0.05) is 111 Å². The molecule has 3 aromatic rings. The fourth-order valence-corrected chi connectivity index (χ4v) is 5.16. The van der Waals surface area contributed by atoms with Crippen LogP contribution in [0.4, 0.5) is 4.79 Å². The summed E-state index contributed by atoms with van der Waals surface area (Å²) in [5.74, 6) is -0.830. The molecule has 0 heterocycles. The first-order chi connectivity index (χ1) is 16.6. The van der Waals surface area contributed by atoms with Crippen molar-refractivity contribution >= 4 is 13.7 Å². The summed E-state index contributed by atoms with van der Waals surface area (Å²) in [6, 6.07) is 28.4. The van der Waals surface area contributed by atoms with Crippen molar-refractivity contribution in [3.05, 3.63) is 108 Å². The third-order valence-corrected chi connectivity index (χ3v) is 7.35. The SMILES string of the molecule is CCCCC(NC(=O)OCc1ccccc1)P(=O)(OCc1ccccc1)OCc1ccccc1. The van der Waals surface area contributed by atoms with Crippen molar-refractivity contribution in [2.75, 3.05) is 0 Å². The molecule has 0 aliphatic carbocycles. The second-order valence-corrected chi connectivity index (χ2v) is 10.1. The summed E-state index contributed by atoms with van der Waals surface area (Å²) in [7, 11) is -3.75. The molecule has 180 valence electrons. The summed E-state index contributed by atoms with van der Waals surface area (Å²) in [5, 5.41) is 2.76. The zero-order valence-corrected chi connectivity index (χ0v) is 20.4. The number of benzene rings is 3. The second-order valence-electron chi connectivity index (χ2n) is 7.92. The van der Waals surface area contributed by atoms with Crippen molar-refractivity contribution in [1.82, 2.24) is 5.32 Å². The molecule has 0 spiro atoms. The number of carbonyl (C=O) groups excluding carboxylic acids is 1. The van der Waals surface area contributed by atoms with Crippen LogP contribution < -0.4 is 5.32 Å². The van der Waals surface area contributed by atoms with Crippen molar-refractivity contribution in [3.63, 3.8) is 0 Å². The van der Waals surface area contributed by atoms with E-state index >= 15 is 0 Å². The van der Waals surface area contributed by atoms with Crippen molar-refractivity contribution < 1.29 is 23.1 Å². The maximum Gasteiger partial charge on any atom is 0.408 e. The van der Waals surface area contributed by atoms with Crippen molar-refractivity contribution in [2.24, 2.45) is 0 Å². The Morgan fingerprint density at radius 3 is 1.65 bits per heavy atom. The van der Waals surface area contributed by atoms with Crippen LogP contribution in [-0.2, 0) is 38.2 Å². The molecule has 0 aromatic heterocycles. The molecule has 3 aromatic carbocycles. The number of hydrogen-bond acceptors (Lipinski definition) is 5. The summed E-state index contributed by atoms with van der Waals surface area (Å²) in [5.41, 5.74) is 2.60. The predicted octanol–water partition coefficient (Wildman–Crippen LogP) is 7.06. The molecule has 0 saturated heterocycles. The van der Waals surface area contributed by atoms with Gasteiger partial charge in [-0.15, -0.1) is 0 Å². The van der Waals surface area contributed by atoms with Crippen molar-refractivity contribution in [2.45, 2.75) is 51.8 Å². The van der Waals surface area contributed by atoms with Crippen LogP contribution in [0.25, 0.3) is 0 Å². The van der Waals surface area contributed by atoms with Crippen LogP contribution in [0.2, 0.25) is 0 Å². The Labute approximate surface area is 201 Å². The highest BCUT2D eigenvalue weighted by atomic mass is 31.2. The Hall–Kier alpha value is -2.92. The molecular weight excluding hydrogens is 449 g/mol. The summed E-state index contributed by atoms with van der Waals surface area (Å²) in [4.78, 5) is 12.6. The van der Waals surface area contributed by atoms with Gasteiger partial charge in [0.2, 0.25) is 0 Å². The highest BCUT2D eigenvalue weighted by molar-refractivity contribution is 7.54. The van der Waals surface area contributed by atoms with Crippen LogP contribution in [0.5, 0.6) is 0 Å². The normalized spacial score (nSPS) is 12.1. The first-order valence-corrected chi connectivity index (χ1v) is 13.1. The van der Waals surface area contributed by atoms with Crippen LogP contribution in [0, 0.1) is 0 Å². The van der Waals surface area contributed by atoms with Gasteiger partial charge in [0.05, 0.1) is 13.2 Å². The Morgan fingerprint density at radius 2 is 1.21 bits per heavy atom. The highest BCUT2D eigenvalue weighted by Gasteiger charge is 2.37. The lowest BCUT2D eigenvalue weighted by molar-refractivity contribution is 0.132. The van der Waals surface area contributed by atoms with E-state index in [1.807, 2.05) is 97.9 Å². The van der Waals surface area contributed by atoms with Gasteiger partial charge in [0.15, 0.2) is 0 Å². The van der Waals surface area contributed by atoms with Gasteiger partial charge in [-0.05, 0) is 23.1 Å². The number of hydrogen-bond donors (Lipinski definition) is 1. The Kier molecular flexibility index (Phi) is 10.4. The topological polar surface area (TPSA) is 73.9 Å². The number of alkyl carbamates (subject to hydrolysis) is 1. The number of ether oxygens (including phenoxy) is 1. The van der Waals surface area contributed by atoms with E-state index in [0.29, 0.717) is 6.42 Å². The van der Waals surface area contributed by atoms with E-state index in [4.69, 9.17) is 13.8 Å². The molecule has 0 aliphatic heterocycles. The first kappa shape index (κ1) is 25.7. The smallest absolute Gasteiger partial charge is 0.408 e. The largest absolute Gasteiger partial charge is 0.445 e. The van der Waals surface area contributed by atoms with E-state index in [-0.39, 0.29) is 19.8 Å². The van der Waals surface area contributed by atoms with Crippen LogP contribution in [0.15, 0.2) is 91.0 Å². The number of carbonyl (C=O) groups is 1. The van der Waals surface area contributed by atoms with Gasteiger partial charge in [0, 0.05) is 0 Å². The third-order valence-electron chi connectivity index (χ3n) is 5.22. The molecule has 1 N–H and O–H groups in total. The van der Waals surface area contributed by atoms with Gasteiger partial charge >= 0.3 is 13.7 Å². The number of rotatable bonds is 13. The van der Waals surface area contributed by atoms with Crippen molar-refractivity contribution in [1.29, 1.82) is 0 Å². The van der Waals surface area contributed by atoms with Crippen LogP contribution in [-0.4, -0.2) is 11.9 Å². The minimum Gasteiger partial charge on any atom is -0.445 e. The molecular formula is C27H32NO5P. The summed E-state index contributed by atoms with van der Waals surface area (Å²) in [6.07, 6.45) is 1.40. The molecule has 0 fully saturated rings. The average Bonchev–Trinajstić information content (AvgIpc) is 2.89. The van der Waals surface area contributed by atoms with E-state index in [2.05, 4.69) is 5.32 Å². The molecule has 34 heavy (non-hydrogen) atoms. The fraction of sp³-hybridized carbons (Fsp3) is 0.296. The maximum atomic E-state index is 14.1.